The van der Waals surface area contributed by atoms with E-state index >= 15 is 0 Å². The molecule has 15 heavy (non-hydrogen) atoms. The second-order valence-electron chi connectivity index (χ2n) is 3.25. The van der Waals surface area contributed by atoms with Gasteiger partial charge in [-0.25, -0.2) is 0 Å². The van der Waals surface area contributed by atoms with Crippen molar-refractivity contribution in [2.45, 2.75) is 13.1 Å². The summed E-state index contributed by atoms with van der Waals surface area (Å²) in [7, 11) is 1.90. The summed E-state index contributed by atoms with van der Waals surface area (Å²) in [5.41, 5.74) is 0. The number of hydrogen-bond donors (Lipinski definition) is 1. The summed E-state index contributed by atoms with van der Waals surface area (Å²) in [6, 6.07) is 3.95. The standard InChI is InChI=1S/C10H12BrN3O/c1-12-5-9-2-3-10(15-9)7-14-6-8(11)4-13-14/h2-4,6,12H,5,7H2,1H3. The molecule has 2 aromatic rings. The molecule has 0 saturated heterocycles. The summed E-state index contributed by atoms with van der Waals surface area (Å²) in [5, 5.41) is 7.20. The van der Waals surface area contributed by atoms with E-state index in [1.807, 2.05) is 30.1 Å². The van der Waals surface area contributed by atoms with Crippen molar-refractivity contribution in [3.05, 3.63) is 40.5 Å². The van der Waals surface area contributed by atoms with Crippen LogP contribution in [0, 0.1) is 0 Å². The first kappa shape index (κ1) is 10.4. The lowest BCUT2D eigenvalue weighted by Gasteiger charge is -1.97. The van der Waals surface area contributed by atoms with Gasteiger partial charge in [-0.2, -0.15) is 5.10 Å². The number of halogens is 1. The Balaban J connectivity index is 2.04. The van der Waals surface area contributed by atoms with Gasteiger partial charge in [-0.3, -0.25) is 4.68 Å². The molecule has 0 atom stereocenters. The third kappa shape index (κ3) is 2.70. The second kappa shape index (κ2) is 4.63. The fraction of sp³-hybridized carbons (Fsp3) is 0.300. The molecule has 4 nitrogen and oxygen atoms in total. The van der Waals surface area contributed by atoms with Crippen LogP contribution in [0.1, 0.15) is 11.5 Å². The highest BCUT2D eigenvalue weighted by molar-refractivity contribution is 9.10. The highest BCUT2D eigenvalue weighted by Crippen LogP contribution is 2.11. The lowest BCUT2D eigenvalue weighted by molar-refractivity contribution is 0.436. The van der Waals surface area contributed by atoms with E-state index in [-0.39, 0.29) is 0 Å². The van der Waals surface area contributed by atoms with Gasteiger partial charge in [-0.05, 0) is 35.1 Å². The largest absolute Gasteiger partial charge is 0.463 e. The fourth-order valence-corrected chi connectivity index (χ4v) is 1.69. The summed E-state index contributed by atoms with van der Waals surface area (Å²) in [6.45, 7) is 1.41. The number of nitrogens with zero attached hydrogens (tertiary/aromatic N) is 2. The summed E-state index contributed by atoms with van der Waals surface area (Å²) in [4.78, 5) is 0. The minimum atomic E-state index is 0.662. The zero-order valence-corrected chi connectivity index (χ0v) is 9.99. The van der Waals surface area contributed by atoms with Gasteiger partial charge in [-0.15, -0.1) is 0 Å². The summed E-state index contributed by atoms with van der Waals surface area (Å²) >= 11 is 3.35. The average molecular weight is 270 g/mol. The number of hydrogen-bond acceptors (Lipinski definition) is 3. The summed E-state index contributed by atoms with van der Waals surface area (Å²) in [6.07, 6.45) is 3.68. The van der Waals surface area contributed by atoms with Gasteiger partial charge in [0.25, 0.3) is 0 Å². The van der Waals surface area contributed by atoms with Crippen LogP contribution in [-0.4, -0.2) is 16.8 Å². The molecule has 2 heterocycles. The molecular formula is C10H12BrN3O. The van der Waals surface area contributed by atoms with Gasteiger partial charge >= 0.3 is 0 Å². The second-order valence-corrected chi connectivity index (χ2v) is 4.17. The topological polar surface area (TPSA) is 43.0 Å². The van der Waals surface area contributed by atoms with E-state index in [0.29, 0.717) is 6.54 Å². The van der Waals surface area contributed by atoms with Gasteiger partial charge in [0.2, 0.25) is 0 Å². The first-order chi connectivity index (χ1) is 7.28. The molecule has 0 bridgehead atoms. The van der Waals surface area contributed by atoms with E-state index in [9.17, 15) is 0 Å². The van der Waals surface area contributed by atoms with Gasteiger partial charge < -0.3 is 9.73 Å². The van der Waals surface area contributed by atoms with Gasteiger partial charge in [0.1, 0.15) is 11.5 Å². The lowest BCUT2D eigenvalue weighted by Crippen LogP contribution is -2.03. The maximum absolute atomic E-state index is 5.60. The Morgan fingerprint density at radius 3 is 2.93 bits per heavy atom. The molecule has 2 aromatic heterocycles. The van der Waals surface area contributed by atoms with Gasteiger partial charge in [0.15, 0.2) is 0 Å². The molecule has 0 aromatic carbocycles. The van der Waals surface area contributed by atoms with Crippen LogP contribution in [0.25, 0.3) is 0 Å². The monoisotopic (exact) mass is 269 g/mol. The van der Waals surface area contributed by atoms with E-state index in [1.54, 1.807) is 6.20 Å². The van der Waals surface area contributed by atoms with Gasteiger partial charge in [-0.1, -0.05) is 0 Å². The average Bonchev–Trinajstić information content (AvgIpc) is 2.78. The highest BCUT2D eigenvalue weighted by atomic mass is 79.9. The Labute approximate surface area is 96.4 Å². The smallest absolute Gasteiger partial charge is 0.125 e. The summed E-state index contributed by atoms with van der Waals surface area (Å²) in [5.74, 6) is 1.86. The molecule has 5 heteroatoms. The molecule has 0 fully saturated rings. The third-order valence-electron chi connectivity index (χ3n) is 1.99. The first-order valence-electron chi connectivity index (χ1n) is 4.68. The van der Waals surface area contributed by atoms with Crippen molar-refractivity contribution in [1.29, 1.82) is 0 Å². The quantitative estimate of drug-likeness (QED) is 0.924. The van der Waals surface area contributed by atoms with Crippen LogP contribution in [0.2, 0.25) is 0 Å². The predicted octanol–water partition coefficient (Wildman–Crippen LogP) is 2.01. The Bertz CT molecular complexity index is 435. The van der Waals surface area contributed by atoms with Crippen LogP contribution < -0.4 is 5.32 Å². The van der Waals surface area contributed by atoms with E-state index in [0.717, 1.165) is 22.5 Å². The first-order valence-corrected chi connectivity index (χ1v) is 5.47. The van der Waals surface area contributed by atoms with E-state index in [1.165, 1.54) is 0 Å². The summed E-state index contributed by atoms with van der Waals surface area (Å²) < 4.78 is 8.40. The lowest BCUT2D eigenvalue weighted by atomic mass is 10.4. The van der Waals surface area contributed by atoms with Crippen molar-refractivity contribution in [1.82, 2.24) is 15.1 Å². The number of rotatable bonds is 4. The van der Waals surface area contributed by atoms with Crippen LogP contribution in [0.4, 0.5) is 0 Å². The van der Waals surface area contributed by atoms with E-state index in [4.69, 9.17) is 4.42 Å². The van der Waals surface area contributed by atoms with Crippen molar-refractivity contribution in [2.24, 2.45) is 0 Å². The SMILES string of the molecule is CNCc1ccc(Cn2cc(Br)cn2)o1. The van der Waals surface area contributed by atoms with Crippen LogP contribution in [0.15, 0.2) is 33.4 Å². The van der Waals surface area contributed by atoms with Crippen molar-refractivity contribution < 1.29 is 4.42 Å². The minimum Gasteiger partial charge on any atom is -0.463 e. The van der Waals surface area contributed by atoms with Crippen molar-refractivity contribution in [3.8, 4) is 0 Å². The number of furan rings is 1. The molecule has 2 rings (SSSR count). The van der Waals surface area contributed by atoms with Crippen molar-refractivity contribution in [2.75, 3.05) is 7.05 Å². The van der Waals surface area contributed by atoms with Crippen LogP contribution in [0.5, 0.6) is 0 Å². The fourth-order valence-electron chi connectivity index (χ4n) is 1.36. The van der Waals surface area contributed by atoms with Crippen molar-refractivity contribution in [3.63, 3.8) is 0 Å². The molecular weight excluding hydrogens is 258 g/mol. The van der Waals surface area contributed by atoms with Crippen molar-refractivity contribution >= 4 is 15.9 Å². The normalized spacial score (nSPS) is 10.8. The maximum Gasteiger partial charge on any atom is 0.125 e. The molecule has 0 aliphatic carbocycles. The molecule has 0 spiro atoms. The molecule has 0 aliphatic heterocycles. The Morgan fingerprint density at radius 2 is 2.27 bits per heavy atom. The Hall–Kier alpha value is -1.07. The zero-order valence-electron chi connectivity index (χ0n) is 8.40. The Kier molecular flexibility index (Phi) is 3.23. The molecule has 80 valence electrons. The number of nitrogens with one attached hydrogen (secondary N) is 1. The molecule has 0 saturated carbocycles. The molecule has 1 N–H and O–H groups in total. The van der Waals surface area contributed by atoms with Gasteiger partial charge in [0.05, 0.1) is 23.8 Å². The zero-order chi connectivity index (χ0) is 10.7. The van der Waals surface area contributed by atoms with Gasteiger partial charge in [0, 0.05) is 6.20 Å². The van der Waals surface area contributed by atoms with Crippen LogP contribution >= 0.6 is 15.9 Å². The van der Waals surface area contributed by atoms with E-state index < -0.39 is 0 Å². The van der Waals surface area contributed by atoms with Crippen LogP contribution in [-0.2, 0) is 13.1 Å². The third-order valence-corrected chi connectivity index (χ3v) is 2.40. The maximum atomic E-state index is 5.60. The van der Waals surface area contributed by atoms with E-state index in [2.05, 4.69) is 26.3 Å². The van der Waals surface area contributed by atoms with Crippen LogP contribution in [0.3, 0.4) is 0 Å². The number of aromatic nitrogens is 2. The highest BCUT2D eigenvalue weighted by Gasteiger charge is 2.03. The molecule has 0 aliphatic rings. The Morgan fingerprint density at radius 1 is 1.47 bits per heavy atom. The molecule has 0 unspecified atom stereocenters. The minimum absolute atomic E-state index is 0.662. The molecule has 0 amide bonds. The predicted molar refractivity (Wildman–Crippen MR) is 60.5 cm³/mol. The molecule has 0 radical (unpaired) electrons.